The number of rotatable bonds is 4. The summed E-state index contributed by atoms with van der Waals surface area (Å²) in [6.07, 6.45) is 1.51. The Bertz CT molecular complexity index is 782. The second-order valence-corrected chi connectivity index (χ2v) is 5.62. The van der Waals surface area contributed by atoms with Gasteiger partial charge in [0.15, 0.2) is 5.82 Å². The van der Waals surface area contributed by atoms with Gasteiger partial charge in [-0.15, -0.1) is 0 Å². The van der Waals surface area contributed by atoms with Crippen LogP contribution in [0, 0.1) is 13.8 Å². The maximum atomic E-state index is 12.4. The molecule has 7 nitrogen and oxygen atoms in total. The van der Waals surface area contributed by atoms with Gasteiger partial charge in [-0.2, -0.15) is 5.10 Å². The van der Waals surface area contributed by atoms with Crippen molar-refractivity contribution in [2.24, 2.45) is 0 Å². The van der Waals surface area contributed by atoms with Crippen molar-refractivity contribution < 1.29 is 19.4 Å². The fourth-order valence-electron chi connectivity index (χ4n) is 2.56. The minimum atomic E-state index is -0.991. The van der Waals surface area contributed by atoms with Gasteiger partial charge in [-0.3, -0.25) is 14.3 Å². The van der Waals surface area contributed by atoms with Gasteiger partial charge in [-0.05, 0) is 31.0 Å². The van der Waals surface area contributed by atoms with Crippen LogP contribution < -0.4 is 10.1 Å². The van der Waals surface area contributed by atoms with Crippen molar-refractivity contribution in [1.29, 1.82) is 0 Å². The van der Waals surface area contributed by atoms with Gasteiger partial charge in [0.05, 0.1) is 0 Å². The number of nitrogens with one attached hydrogen (secondary N) is 1. The van der Waals surface area contributed by atoms with Crippen molar-refractivity contribution in [2.75, 3.05) is 11.9 Å². The minimum absolute atomic E-state index is 0.215. The largest absolute Gasteiger partial charge is 0.492 e. The Hall–Kier alpha value is -2.83. The highest BCUT2D eigenvalue weighted by Crippen LogP contribution is 2.36. The van der Waals surface area contributed by atoms with Crippen LogP contribution in [-0.4, -0.2) is 33.4 Å². The molecule has 0 aliphatic carbocycles. The number of hydrogen-bond donors (Lipinski definition) is 2. The van der Waals surface area contributed by atoms with Gasteiger partial charge in [-0.25, -0.2) is 0 Å². The SMILES string of the molecule is Cc1cc2c(cc1C)C(C(=O)Nc1ccn(CC(=O)O)n1)CO2. The zero-order chi connectivity index (χ0) is 16.6. The number of carboxylic acids is 1. The van der Waals surface area contributed by atoms with E-state index in [1.54, 1.807) is 6.07 Å². The first-order chi connectivity index (χ1) is 10.9. The molecule has 1 amide bonds. The van der Waals surface area contributed by atoms with E-state index in [1.165, 1.54) is 10.9 Å². The third kappa shape index (κ3) is 3.03. The molecule has 1 atom stereocenters. The van der Waals surface area contributed by atoms with Crippen molar-refractivity contribution in [3.05, 3.63) is 41.1 Å². The lowest BCUT2D eigenvalue weighted by atomic mass is 9.96. The standard InChI is InChI=1S/C16H17N3O4/c1-9-5-11-12(8-23-13(11)6-10(9)2)16(22)17-14-3-4-19(18-14)7-15(20)21/h3-6,12H,7-8H2,1-2H3,(H,20,21)(H,17,18,22). The lowest BCUT2D eigenvalue weighted by Gasteiger charge is -2.09. The van der Waals surface area contributed by atoms with Crippen LogP contribution in [0.5, 0.6) is 5.75 Å². The third-order valence-corrected chi connectivity index (χ3v) is 3.91. The highest BCUT2D eigenvalue weighted by molar-refractivity contribution is 5.96. The molecule has 1 aromatic carbocycles. The van der Waals surface area contributed by atoms with Crippen LogP contribution in [0.2, 0.25) is 0 Å². The maximum Gasteiger partial charge on any atom is 0.325 e. The highest BCUT2D eigenvalue weighted by atomic mass is 16.5. The molecule has 1 aliphatic heterocycles. The minimum Gasteiger partial charge on any atom is -0.492 e. The van der Waals surface area contributed by atoms with Gasteiger partial charge in [0.1, 0.15) is 24.8 Å². The van der Waals surface area contributed by atoms with Crippen molar-refractivity contribution in [3.63, 3.8) is 0 Å². The molecule has 1 aliphatic rings. The summed E-state index contributed by atoms with van der Waals surface area (Å²) in [6.45, 7) is 4.04. The third-order valence-electron chi connectivity index (χ3n) is 3.91. The molecule has 23 heavy (non-hydrogen) atoms. The Kier molecular flexibility index (Phi) is 3.77. The van der Waals surface area contributed by atoms with Crippen LogP contribution in [0.15, 0.2) is 24.4 Å². The predicted molar refractivity (Wildman–Crippen MR) is 82.6 cm³/mol. The van der Waals surface area contributed by atoms with Gasteiger partial charge in [-0.1, -0.05) is 6.07 Å². The van der Waals surface area contributed by atoms with E-state index in [9.17, 15) is 9.59 Å². The number of nitrogens with zero attached hydrogens (tertiary/aromatic N) is 2. The molecule has 0 spiro atoms. The molecule has 0 fully saturated rings. The Morgan fingerprint density at radius 1 is 1.39 bits per heavy atom. The Labute approximate surface area is 132 Å². The molecule has 1 aromatic heterocycles. The van der Waals surface area contributed by atoms with Gasteiger partial charge in [0.25, 0.3) is 0 Å². The molecule has 2 N–H and O–H groups in total. The summed E-state index contributed by atoms with van der Waals surface area (Å²) in [5, 5.41) is 15.4. The van der Waals surface area contributed by atoms with Crippen molar-refractivity contribution in [3.8, 4) is 5.75 Å². The topological polar surface area (TPSA) is 93.5 Å². The summed E-state index contributed by atoms with van der Waals surface area (Å²) >= 11 is 0. The van der Waals surface area contributed by atoms with E-state index in [1.807, 2.05) is 26.0 Å². The van der Waals surface area contributed by atoms with E-state index >= 15 is 0 Å². The smallest absolute Gasteiger partial charge is 0.325 e. The van der Waals surface area contributed by atoms with Crippen LogP contribution >= 0.6 is 0 Å². The van der Waals surface area contributed by atoms with Crippen LogP contribution in [0.25, 0.3) is 0 Å². The average Bonchev–Trinajstić information content (AvgIpc) is 3.06. The van der Waals surface area contributed by atoms with Crippen LogP contribution in [-0.2, 0) is 16.1 Å². The number of carbonyl (C=O) groups excluding carboxylic acids is 1. The molecule has 0 saturated heterocycles. The van der Waals surface area contributed by atoms with E-state index in [4.69, 9.17) is 9.84 Å². The Balaban J connectivity index is 1.74. The number of aliphatic carboxylic acids is 1. The van der Waals surface area contributed by atoms with Crippen LogP contribution in [0.4, 0.5) is 5.82 Å². The number of aromatic nitrogens is 2. The van der Waals surface area contributed by atoms with Gasteiger partial charge >= 0.3 is 5.97 Å². The van der Waals surface area contributed by atoms with E-state index in [-0.39, 0.29) is 12.5 Å². The summed E-state index contributed by atoms with van der Waals surface area (Å²) in [5.74, 6) is -0.533. The molecule has 0 saturated carbocycles. The zero-order valence-corrected chi connectivity index (χ0v) is 12.9. The number of amides is 1. The molecule has 1 unspecified atom stereocenters. The number of ether oxygens (including phenoxy) is 1. The van der Waals surface area contributed by atoms with Gasteiger partial charge in [0.2, 0.25) is 5.91 Å². The molecule has 2 heterocycles. The summed E-state index contributed by atoms with van der Waals surface area (Å²) in [7, 11) is 0. The maximum absolute atomic E-state index is 12.4. The number of aryl methyl sites for hydroxylation is 2. The predicted octanol–water partition coefficient (Wildman–Crippen LogP) is 1.70. The van der Waals surface area contributed by atoms with Gasteiger partial charge < -0.3 is 15.2 Å². The Morgan fingerprint density at radius 2 is 2.13 bits per heavy atom. The zero-order valence-electron chi connectivity index (χ0n) is 12.9. The number of hydrogen-bond acceptors (Lipinski definition) is 4. The molecule has 0 bridgehead atoms. The summed E-state index contributed by atoms with van der Waals surface area (Å²) < 4.78 is 6.85. The molecular weight excluding hydrogens is 298 g/mol. The molecule has 7 heteroatoms. The molecule has 2 aromatic rings. The van der Waals surface area contributed by atoms with Crippen LogP contribution in [0.3, 0.4) is 0 Å². The van der Waals surface area contributed by atoms with E-state index in [0.717, 1.165) is 22.4 Å². The summed E-state index contributed by atoms with van der Waals surface area (Å²) in [4.78, 5) is 23.1. The molecule has 3 rings (SSSR count). The highest BCUT2D eigenvalue weighted by Gasteiger charge is 2.31. The Morgan fingerprint density at radius 3 is 2.87 bits per heavy atom. The van der Waals surface area contributed by atoms with Crippen molar-refractivity contribution in [2.45, 2.75) is 26.3 Å². The van der Waals surface area contributed by atoms with Crippen molar-refractivity contribution in [1.82, 2.24) is 9.78 Å². The van der Waals surface area contributed by atoms with E-state index in [0.29, 0.717) is 12.4 Å². The number of carbonyl (C=O) groups is 2. The second kappa shape index (κ2) is 5.75. The van der Waals surface area contributed by atoms with Gasteiger partial charge in [0, 0.05) is 17.8 Å². The number of anilines is 1. The molecular formula is C16H17N3O4. The van der Waals surface area contributed by atoms with Crippen LogP contribution in [0.1, 0.15) is 22.6 Å². The van der Waals surface area contributed by atoms with E-state index in [2.05, 4.69) is 10.4 Å². The fraction of sp³-hybridized carbons (Fsp3) is 0.312. The fourth-order valence-corrected chi connectivity index (χ4v) is 2.56. The monoisotopic (exact) mass is 315 g/mol. The summed E-state index contributed by atoms with van der Waals surface area (Å²) in [5.41, 5.74) is 3.10. The van der Waals surface area contributed by atoms with E-state index < -0.39 is 11.9 Å². The molecule has 0 radical (unpaired) electrons. The first kappa shape index (κ1) is 15.1. The first-order valence-corrected chi connectivity index (χ1v) is 7.24. The second-order valence-electron chi connectivity index (χ2n) is 5.62. The summed E-state index contributed by atoms with van der Waals surface area (Å²) in [6, 6.07) is 5.49. The lowest BCUT2D eigenvalue weighted by molar-refractivity contribution is -0.137. The average molecular weight is 315 g/mol. The normalized spacial score (nSPS) is 15.8. The number of fused-ring (bicyclic) bond motifs is 1. The first-order valence-electron chi connectivity index (χ1n) is 7.24. The lowest BCUT2D eigenvalue weighted by Crippen LogP contribution is -2.22. The number of carboxylic acid groups (broad SMARTS) is 1. The quantitative estimate of drug-likeness (QED) is 0.895. The molecule has 120 valence electrons. The number of benzene rings is 1. The van der Waals surface area contributed by atoms with Crippen molar-refractivity contribution >= 4 is 17.7 Å².